The first-order valence-electron chi connectivity index (χ1n) is 5.04. The Morgan fingerprint density at radius 3 is 3.23 bits per heavy atom. The Morgan fingerprint density at radius 1 is 1.62 bits per heavy atom. The molecule has 1 atom stereocenters. The van der Waals surface area contributed by atoms with Gasteiger partial charge in [-0.3, -0.25) is 0 Å². The summed E-state index contributed by atoms with van der Waals surface area (Å²) in [6.45, 7) is 6.18. The first-order chi connectivity index (χ1) is 6.33. The molecule has 0 aromatic carbocycles. The van der Waals surface area contributed by atoms with Crippen molar-refractivity contribution in [2.24, 2.45) is 0 Å². The highest BCUT2D eigenvalue weighted by molar-refractivity contribution is 4.72. The summed E-state index contributed by atoms with van der Waals surface area (Å²) in [6, 6.07) is 2.18. The lowest BCUT2D eigenvalue weighted by molar-refractivity contribution is 0.0677. The summed E-state index contributed by atoms with van der Waals surface area (Å²) in [7, 11) is 0. The van der Waals surface area contributed by atoms with E-state index in [4.69, 9.17) is 10.00 Å². The fraction of sp³-hybridized carbons (Fsp3) is 0.900. The number of nitriles is 1. The van der Waals surface area contributed by atoms with Crippen molar-refractivity contribution in [2.75, 3.05) is 26.2 Å². The molecule has 0 radical (unpaired) electrons. The number of ether oxygens (including phenoxy) is 1. The predicted octanol–water partition coefficient (Wildman–Crippen LogP) is 1.40. The van der Waals surface area contributed by atoms with Crippen molar-refractivity contribution in [1.82, 2.24) is 4.90 Å². The Morgan fingerprint density at radius 2 is 2.46 bits per heavy atom. The van der Waals surface area contributed by atoms with Crippen LogP contribution >= 0.6 is 0 Å². The van der Waals surface area contributed by atoms with Crippen LogP contribution in [0.5, 0.6) is 0 Å². The van der Waals surface area contributed by atoms with E-state index < -0.39 is 0 Å². The molecular weight excluding hydrogens is 164 g/mol. The van der Waals surface area contributed by atoms with E-state index in [1.54, 1.807) is 0 Å². The molecule has 1 aliphatic heterocycles. The zero-order valence-corrected chi connectivity index (χ0v) is 8.33. The molecule has 1 unspecified atom stereocenters. The van der Waals surface area contributed by atoms with Crippen LogP contribution in [-0.2, 0) is 4.74 Å². The lowest BCUT2D eigenvalue weighted by atomic mass is 10.3. The van der Waals surface area contributed by atoms with Crippen molar-refractivity contribution in [3.05, 3.63) is 0 Å². The normalized spacial score (nSPS) is 25.1. The van der Waals surface area contributed by atoms with Gasteiger partial charge in [0.2, 0.25) is 0 Å². The molecule has 0 saturated carbocycles. The van der Waals surface area contributed by atoms with Gasteiger partial charge >= 0.3 is 0 Å². The third kappa shape index (κ3) is 4.25. The molecule has 1 fully saturated rings. The monoisotopic (exact) mass is 182 g/mol. The van der Waals surface area contributed by atoms with Gasteiger partial charge in [-0.05, 0) is 26.3 Å². The smallest absolute Gasteiger partial charge is 0.0673 e. The maximum Gasteiger partial charge on any atom is 0.0673 e. The third-order valence-corrected chi connectivity index (χ3v) is 2.30. The van der Waals surface area contributed by atoms with Crippen LogP contribution in [0, 0.1) is 11.3 Å². The number of hydrogen-bond acceptors (Lipinski definition) is 3. The summed E-state index contributed by atoms with van der Waals surface area (Å²) < 4.78 is 5.53. The van der Waals surface area contributed by atoms with Crippen LogP contribution in [0.1, 0.15) is 26.2 Å². The van der Waals surface area contributed by atoms with Crippen molar-refractivity contribution in [1.29, 1.82) is 5.26 Å². The average Bonchev–Trinajstić information content (AvgIpc) is 2.31. The fourth-order valence-corrected chi connectivity index (χ4v) is 1.67. The average molecular weight is 182 g/mol. The standard InChI is InChI=1S/C10H18N2O/c1-10-9-12(6-3-2-5-11)7-4-8-13-10/h10H,2-4,6-9H2,1H3. The molecule has 1 heterocycles. The van der Waals surface area contributed by atoms with Gasteiger partial charge in [-0.2, -0.15) is 5.26 Å². The number of unbranched alkanes of at least 4 members (excludes halogenated alkanes) is 1. The van der Waals surface area contributed by atoms with Crippen molar-refractivity contribution >= 4 is 0 Å². The molecule has 1 aliphatic rings. The Hall–Kier alpha value is -0.590. The van der Waals surface area contributed by atoms with Gasteiger partial charge in [0.1, 0.15) is 0 Å². The van der Waals surface area contributed by atoms with Gasteiger partial charge in [-0.15, -0.1) is 0 Å². The van der Waals surface area contributed by atoms with Crippen LogP contribution in [0.2, 0.25) is 0 Å². The van der Waals surface area contributed by atoms with Gasteiger partial charge in [0.05, 0.1) is 12.2 Å². The van der Waals surface area contributed by atoms with Crippen molar-refractivity contribution in [3.63, 3.8) is 0 Å². The molecule has 13 heavy (non-hydrogen) atoms. The van der Waals surface area contributed by atoms with Gasteiger partial charge in [0.15, 0.2) is 0 Å². The van der Waals surface area contributed by atoms with Gasteiger partial charge in [0.25, 0.3) is 0 Å². The fourth-order valence-electron chi connectivity index (χ4n) is 1.67. The first kappa shape index (κ1) is 10.5. The highest BCUT2D eigenvalue weighted by atomic mass is 16.5. The summed E-state index contributed by atoms with van der Waals surface area (Å²) in [4.78, 5) is 2.40. The summed E-state index contributed by atoms with van der Waals surface area (Å²) in [5.74, 6) is 0. The van der Waals surface area contributed by atoms with E-state index in [1.807, 2.05) is 0 Å². The Bertz CT molecular complexity index is 176. The van der Waals surface area contributed by atoms with Crippen LogP contribution in [0.4, 0.5) is 0 Å². The zero-order chi connectivity index (χ0) is 9.52. The topological polar surface area (TPSA) is 36.3 Å². The molecule has 0 aliphatic carbocycles. The highest BCUT2D eigenvalue weighted by Gasteiger charge is 2.13. The quantitative estimate of drug-likeness (QED) is 0.619. The molecule has 3 nitrogen and oxygen atoms in total. The molecule has 0 aromatic heterocycles. The molecule has 1 saturated heterocycles. The lowest BCUT2D eigenvalue weighted by Crippen LogP contribution is -2.31. The highest BCUT2D eigenvalue weighted by Crippen LogP contribution is 2.06. The van der Waals surface area contributed by atoms with E-state index in [0.29, 0.717) is 12.5 Å². The molecule has 74 valence electrons. The van der Waals surface area contributed by atoms with Crippen LogP contribution in [0.3, 0.4) is 0 Å². The summed E-state index contributed by atoms with van der Waals surface area (Å²) in [6.07, 6.45) is 3.14. The van der Waals surface area contributed by atoms with E-state index in [9.17, 15) is 0 Å². The maximum atomic E-state index is 8.41. The number of hydrogen-bond donors (Lipinski definition) is 0. The minimum atomic E-state index is 0.351. The van der Waals surface area contributed by atoms with Crippen LogP contribution in [-0.4, -0.2) is 37.2 Å². The van der Waals surface area contributed by atoms with Gasteiger partial charge in [-0.1, -0.05) is 0 Å². The molecule has 3 heteroatoms. The largest absolute Gasteiger partial charge is 0.377 e. The second-order valence-electron chi connectivity index (χ2n) is 3.60. The predicted molar refractivity (Wildman–Crippen MR) is 51.3 cm³/mol. The summed E-state index contributed by atoms with van der Waals surface area (Å²) in [5, 5.41) is 8.41. The molecule has 0 N–H and O–H groups in total. The lowest BCUT2D eigenvalue weighted by Gasteiger charge is -2.20. The van der Waals surface area contributed by atoms with E-state index >= 15 is 0 Å². The molecule has 0 aromatic rings. The molecule has 0 bridgehead atoms. The molecular formula is C10H18N2O. The van der Waals surface area contributed by atoms with Crippen LogP contribution in [0.25, 0.3) is 0 Å². The minimum Gasteiger partial charge on any atom is -0.377 e. The Balaban J connectivity index is 2.19. The maximum absolute atomic E-state index is 8.41. The van der Waals surface area contributed by atoms with Crippen molar-refractivity contribution < 1.29 is 4.74 Å². The molecule has 0 spiro atoms. The zero-order valence-electron chi connectivity index (χ0n) is 8.33. The Labute approximate surface area is 80.3 Å². The van der Waals surface area contributed by atoms with Crippen molar-refractivity contribution in [2.45, 2.75) is 32.3 Å². The minimum absolute atomic E-state index is 0.351. The van der Waals surface area contributed by atoms with Gasteiger partial charge in [-0.25, -0.2) is 0 Å². The number of rotatable bonds is 3. The second-order valence-corrected chi connectivity index (χ2v) is 3.60. The Kier molecular flexibility index (Phi) is 4.81. The van der Waals surface area contributed by atoms with Gasteiger partial charge < -0.3 is 9.64 Å². The van der Waals surface area contributed by atoms with Gasteiger partial charge in [0, 0.05) is 26.1 Å². The SMILES string of the molecule is CC1CN(CCCC#N)CCCO1. The van der Waals surface area contributed by atoms with E-state index in [2.05, 4.69) is 17.9 Å². The second kappa shape index (κ2) is 5.95. The first-order valence-corrected chi connectivity index (χ1v) is 5.04. The van der Waals surface area contributed by atoms with E-state index in [-0.39, 0.29) is 0 Å². The van der Waals surface area contributed by atoms with Crippen molar-refractivity contribution in [3.8, 4) is 6.07 Å². The summed E-state index contributed by atoms with van der Waals surface area (Å²) >= 11 is 0. The number of nitrogens with zero attached hydrogens (tertiary/aromatic N) is 2. The third-order valence-electron chi connectivity index (χ3n) is 2.30. The van der Waals surface area contributed by atoms with Crippen LogP contribution in [0.15, 0.2) is 0 Å². The molecule has 1 rings (SSSR count). The van der Waals surface area contributed by atoms with E-state index in [1.165, 1.54) is 0 Å². The summed E-state index contributed by atoms with van der Waals surface area (Å²) in [5.41, 5.74) is 0. The van der Waals surface area contributed by atoms with E-state index in [0.717, 1.165) is 39.1 Å². The van der Waals surface area contributed by atoms with Crippen LogP contribution < -0.4 is 0 Å². The molecule has 0 amide bonds.